The van der Waals surface area contributed by atoms with Gasteiger partial charge in [-0.25, -0.2) is 0 Å². The van der Waals surface area contributed by atoms with Crippen LogP contribution in [-0.2, 0) is 4.79 Å². The maximum Gasteiger partial charge on any atom is 0.140 e. The second kappa shape index (κ2) is 0.882. The van der Waals surface area contributed by atoms with E-state index in [0.29, 0.717) is 16.6 Å². The first-order valence-corrected chi connectivity index (χ1v) is 3.83. The largest absolute Gasteiger partial charge is 0.299 e. The topological polar surface area (TPSA) is 17.1 Å². The molecule has 9 heavy (non-hydrogen) atoms. The Morgan fingerprint density at radius 1 is 1.11 bits per heavy atom. The lowest BCUT2D eigenvalue weighted by Crippen LogP contribution is -2.72. The van der Waals surface area contributed by atoms with Crippen LogP contribution in [0.5, 0.6) is 0 Å². The van der Waals surface area contributed by atoms with Crippen LogP contribution in [-0.4, -0.2) is 5.78 Å². The van der Waals surface area contributed by atoms with Gasteiger partial charge < -0.3 is 0 Å². The number of Topliss-reactive ketones (excluding diaryl/α,β-unsaturated/α-hetero) is 1. The van der Waals surface area contributed by atoms with Crippen LogP contribution in [0.3, 0.4) is 0 Å². The summed E-state index contributed by atoms with van der Waals surface area (Å²) in [5.41, 5.74) is 0.900. The van der Waals surface area contributed by atoms with Crippen LogP contribution in [0.25, 0.3) is 0 Å². The summed E-state index contributed by atoms with van der Waals surface area (Å²) in [4.78, 5) is 11.1. The van der Waals surface area contributed by atoms with Gasteiger partial charge in [-0.1, -0.05) is 0 Å². The van der Waals surface area contributed by atoms with Gasteiger partial charge >= 0.3 is 0 Å². The van der Waals surface area contributed by atoms with Gasteiger partial charge in [-0.2, -0.15) is 0 Å². The monoisotopic (exact) mass is 122 g/mol. The summed E-state index contributed by atoms with van der Waals surface area (Å²) in [6.45, 7) is 0. The zero-order valence-corrected chi connectivity index (χ0v) is 5.44. The highest BCUT2D eigenvalue weighted by atomic mass is 16.1. The lowest BCUT2D eigenvalue weighted by molar-refractivity contribution is -0.235. The normalized spacial score (nSPS) is 60.2. The Kier molecular flexibility index (Phi) is 0.439. The maximum absolute atomic E-state index is 11.1. The van der Waals surface area contributed by atoms with Crippen LogP contribution >= 0.6 is 0 Å². The van der Waals surface area contributed by atoms with Gasteiger partial charge in [0.25, 0.3) is 0 Å². The third-order valence-electron chi connectivity index (χ3n) is 4.11. The molecular formula is C8H10O. The summed E-state index contributed by atoms with van der Waals surface area (Å²) in [5, 5.41) is 0. The molecule has 3 rings (SSSR count). The molecule has 0 atom stereocenters. The van der Waals surface area contributed by atoms with E-state index in [1.165, 1.54) is 25.7 Å². The van der Waals surface area contributed by atoms with Gasteiger partial charge in [0.15, 0.2) is 0 Å². The van der Waals surface area contributed by atoms with Gasteiger partial charge in [0.1, 0.15) is 5.78 Å². The molecule has 0 aliphatic heterocycles. The van der Waals surface area contributed by atoms with Crippen molar-refractivity contribution in [3.05, 3.63) is 0 Å². The molecule has 0 amide bonds. The SMILES string of the molecule is O=C1CC23CCC12CC3. The van der Waals surface area contributed by atoms with E-state index in [1.54, 1.807) is 0 Å². The fourth-order valence-electron chi connectivity index (χ4n) is 3.10. The second-order valence-electron chi connectivity index (χ2n) is 3.96. The van der Waals surface area contributed by atoms with Crippen molar-refractivity contribution in [2.24, 2.45) is 10.8 Å². The van der Waals surface area contributed by atoms with Gasteiger partial charge in [-0.15, -0.1) is 0 Å². The van der Waals surface area contributed by atoms with E-state index in [4.69, 9.17) is 0 Å². The lowest BCUT2D eigenvalue weighted by Gasteiger charge is -2.74. The smallest absolute Gasteiger partial charge is 0.140 e. The first-order valence-electron chi connectivity index (χ1n) is 3.83. The number of carbonyl (C=O) groups is 1. The van der Waals surface area contributed by atoms with Gasteiger partial charge in [0.2, 0.25) is 0 Å². The van der Waals surface area contributed by atoms with Crippen LogP contribution in [0.1, 0.15) is 32.1 Å². The minimum atomic E-state index is 0.299. The molecule has 0 aromatic heterocycles. The molecule has 0 N–H and O–H groups in total. The van der Waals surface area contributed by atoms with E-state index >= 15 is 0 Å². The highest BCUT2D eigenvalue weighted by Gasteiger charge is 2.76. The van der Waals surface area contributed by atoms with E-state index in [9.17, 15) is 4.79 Å². The highest BCUT2D eigenvalue weighted by Crippen LogP contribution is 2.79. The summed E-state index contributed by atoms with van der Waals surface area (Å²) < 4.78 is 0. The van der Waals surface area contributed by atoms with Crippen molar-refractivity contribution in [3.8, 4) is 0 Å². The number of rotatable bonds is 0. The summed E-state index contributed by atoms with van der Waals surface area (Å²) in [5.74, 6) is 0.583. The zero-order valence-electron chi connectivity index (χ0n) is 5.44. The highest BCUT2D eigenvalue weighted by molar-refractivity contribution is 5.96. The molecule has 1 nitrogen and oxygen atoms in total. The standard InChI is InChI=1S/C8H10O/c9-6-5-7-1-3-8(6,7)4-2-7/h1-5H2. The fourth-order valence-corrected chi connectivity index (χ4v) is 3.10. The summed E-state index contributed by atoms with van der Waals surface area (Å²) in [6.07, 6.45) is 6.11. The van der Waals surface area contributed by atoms with Crippen LogP contribution < -0.4 is 0 Å². The number of hydrogen-bond acceptors (Lipinski definition) is 1. The Balaban J connectivity index is 2.09. The summed E-state index contributed by atoms with van der Waals surface area (Å²) in [7, 11) is 0. The molecule has 1 heteroatoms. The van der Waals surface area contributed by atoms with Crippen molar-refractivity contribution in [1.82, 2.24) is 0 Å². The molecule has 0 spiro atoms. The maximum atomic E-state index is 11.1. The molecule has 0 unspecified atom stereocenters. The Morgan fingerprint density at radius 3 is 1.78 bits per heavy atom. The first kappa shape index (κ1) is 4.48. The average molecular weight is 122 g/mol. The van der Waals surface area contributed by atoms with Crippen LogP contribution in [0.4, 0.5) is 0 Å². The minimum Gasteiger partial charge on any atom is -0.299 e. The second-order valence-corrected chi connectivity index (χ2v) is 3.96. The molecule has 0 bridgehead atoms. The minimum absolute atomic E-state index is 0.299. The molecule has 0 radical (unpaired) electrons. The Morgan fingerprint density at radius 2 is 1.78 bits per heavy atom. The fraction of sp³-hybridized carbons (Fsp3) is 0.875. The number of hydrogen-bond donors (Lipinski definition) is 0. The van der Waals surface area contributed by atoms with E-state index in [0.717, 1.165) is 6.42 Å². The number of ketones is 1. The lowest BCUT2D eigenvalue weighted by atomic mass is 9.27. The summed E-state index contributed by atoms with van der Waals surface area (Å²) in [6, 6.07) is 0. The van der Waals surface area contributed by atoms with E-state index in [1.807, 2.05) is 0 Å². The number of carbonyl (C=O) groups excluding carboxylic acids is 1. The molecular weight excluding hydrogens is 112 g/mol. The van der Waals surface area contributed by atoms with E-state index in [2.05, 4.69) is 0 Å². The molecule has 3 aliphatic carbocycles. The van der Waals surface area contributed by atoms with Crippen molar-refractivity contribution in [1.29, 1.82) is 0 Å². The van der Waals surface area contributed by atoms with Crippen molar-refractivity contribution >= 4 is 5.78 Å². The van der Waals surface area contributed by atoms with Crippen LogP contribution in [0, 0.1) is 10.8 Å². The zero-order chi connectivity index (χ0) is 6.11. The quantitative estimate of drug-likeness (QED) is 0.476. The van der Waals surface area contributed by atoms with Crippen molar-refractivity contribution in [3.63, 3.8) is 0 Å². The molecule has 0 saturated heterocycles. The van der Waals surface area contributed by atoms with Gasteiger partial charge in [-0.3, -0.25) is 4.79 Å². The predicted molar refractivity (Wildman–Crippen MR) is 33.0 cm³/mol. The molecule has 3 fully saturated rings. The summed E-state index contributed by atoms with van der Waals surface area (Å²) >= 11 is 0. The van der Waals surface area contributed by atoms with Crippen LogP contribution in [0.15, 0.2) is 0 Å². The Bertz CT molecular complexity index is 197. The molecule has 3 saturated carbocycles. The Hall–Kier alpha value is -0.330. The van der Waals surface area contributed by atoms with E-state index in [-0.39, 0.29) is 0 Å². The van der Waals surface area contributed by atoms with Gasteiger partial charge in [-0.05, 0) is 31.1 Å². The van der Waals surface area contributed by atoms with Gasteiger partial charge in [0, 0.05) is 11.8 Å². The first-order chi connectivity index (χ1) is 4.29. The third-order valence-corrected chi connectivity index (χ3v) is 4.11. The molecule has 0 heterocycles. The molecule has 3 aliphatic rings. The van der Waals surface area contributed by atoms with Crippen molar-refractivity contribution in [2.75, 3.05) is 0 Å². The van der Waals surface area contributed by atoms with Gasteiger partial charge in [0.05, 0.1) is 0 Å². The predicted octanol–water partition coefficient (Wildman–Crippen LogP) is 1.52. The Labute approximate surface area is 54.4 Å². The molecule has 0 aromatic rings. The molecule has 0 aromatic carbocycles. The van der Waals surface area contributed by atoms with Crippen molar-refractivity contribution < 1.29 is 4.79 Å². The molecule has 48 valence electrons. The average Bonchev–Trinajstić information content (AvgIpc) is 1.89. The van der Waals surface area contributed by atoms with Crippen LogP contribution in [0.2, 0.25) is 0 Å². The third kappa shape index (κ3) is 0.218. The van der Waals surface area contributed by atoms with E-state index < -0.39 is 0 Å². The van der Waals surface area contributed by atoms with Crippen molar-refractivity contribution in [2.45, 2.75) is 32.1 Å².